The number of benzene rings is 2. The Balaban J connectivity index is 1.26. The van der Waals surface area contributed by atoms with Crippen molar-refractivity contribution < 1.29 is 14.1 Å². The van der Waals surface area contributed by atoms with Crippen LogP contribution in [-0.4, -0.2) is 40.6 Å². The highest BCUT2D eigenvalue weighted by molar-refractivity contribution is 5.92. The maximum atomic E-state index is 12.6. The van der Waals surface area contributed by atoms with Crippen LogP contribution in [0.15, 0.2) is 53.1 Å². The van der Waals surface area contributed by atoms with Gasteiger partial charge in [-0.3, -0.25) is 9.69 Å². The van der Waals surface area contributed by atoms with Gasteiger partial charge >= 0.3 is 0 Å². The fraction of sp³-hybridized carbons (Fsp3) is 0.375. The summed E-state index contributed by atoms with van der Waals surface area (Å²) in [4.78, 5) is 19.4. The molecule has 1 saturated heterocycles. The van der Waals surface area contributed by atoms with Crippen molar-refractivity contribution in [2.75, 3.05) is 25.0 Å². The lowest BCUT2D eigenvalue weighted by molar-refractivity contribution is -0.121. The van der Waals surface area contributed by atoms with E-state index in [1.54, 1.807) is 0 Å². The van der Waals surface area contributed by atoms with Gasteiger partial charge in [0.1, 0.15) is 5.75 Å². The zero-order valence-corrected chi connectivity index (χ0v) is 18.0. The Morgan fingerprint density at radius 2 is 1.84 bits per heavy atom. The topological polar surface area (TPSA) is 80.5 Å². The van der Waals surface area contributed by atoms with Gasteiger partial charge in [-0.1, -0.05) is 35.0 Å². The van der Waals surface area contributed by atoms with Gasteiger partial charge < -0.3 is 14.6 Å². The number of amides is 1. The van der Waals surface area contributed by atoms with Crippen molar-refractivity contribution in [2.45, 2.75) is 33.2 Å². The summed E-state index contributed by atoms with van der Waals surface area (Å²) < 4.78 is 10.9. The summed E-state index contributed by atoms with van der Waals surface area (Å²) in [6.07, 6.45) is 1.61. The predicted octanol–water partition coefficient (Wildman–Crippen LogP) is 4.29. The molecule has 1 N–H and O–H groups in total. The molecule has 31 heavy (non-hydrogen) atoms. The Kier molecular flexibility index (Phi) is 6.62. The average molecular weight is 421 g/mol. The summed E-state index contributed by atoms with van der Waals surface area (Å²) in [6, 6.07) is 15.6. The summed E-state index contributed by atoms with van der Waals surface area (Å²) in [7, 11) is 0. The Labute approximate surface area is 182 Å². The number of ether oxygens (including phenoxy) is 1. The maximum absolute atomic E-state index is 12.6. The van der Waals surface area contributed by atoms with E-state index in [4.69, 9.17) is 9.26 Å². The second-order valence-corrected chi connectivity index (χ2v) is 7.87. The normalized spacial score (nSPS) is 15.0. The SMILES string of the molecule is CCOc1ccc(NC(=O)C2CCN(Cc3nc(-c4ccc(C)cc4)no3)CC2)cc1. The molecule has 1 aromatic heterocycles. The molecule has 1 aliphatic rings. The van der Waals surface area contributed by atoms with Crippen LogP contribution >= 0.6 is 0 Å². The van der Waals surface area contributed by atoms with Crippen LogP contribution in [0.1, 0.15) is 31.2 Å². The molecule has 2 aromatic carbocycles. The minimum atomic E-state index is 0.00798. The quantitative estimate of drug-likeness (QED) is 0.614. The fourth-order valence-electron chi connectivity index (χ4n) is 3.73. The number of aromatic nitrogens is 2. The summed E-state index contributed by atoms with van der Waals surface area (Å²) in [5, 5.41) is 7.12. The van der Waals surface area contributed by atoms with Crippen LogP contribution in [-0.2, 0) is 11.3 Å². The molecule has 4 rings (SSSR count). The molecule has 3 aromatic rings. The minimum absolute atomic E-state index is 0.00798. The Bertz CT molecular complexity index is 990. The second-order valence-electron chi connectivity index (χ2n) is 7.87. The van der Waals surface area contributed by atoms with E-state index in [9.17, 15) is 4.79 Å². The van der Waals surface area contributed by atoms with Crippen LogP contribution in [0.25, 0.3) is 11.4 Å². The molecule has 0 bridgehead atoms. The summed E-state index contributed by atoms with van der Waals surface area (Å²) in [5.41, 5.74) is 2.94. The molecule has 0 saturated carbocycles. The molecule has 7 nitrogen and oxygen atoms in total. The van der Waals surface area contributed by atoms with E-state index in [1.165, 1.54) is 5.56 Å². The molecule has 7 heteroatoms. The van der Waals surface area contributed by atoms with Crippen molar-refractivity contribution in [1.82, 2.24) is 15.0 Å². The van der Waals surface area contributed by atoms with Crippen LogP contribution in [0.4, 0.5) is 5.69 Å². The highest BCUT2D eigenvalue weighted by Gasteiger charge is 2.26. The summed E-state index contributed by atoms with van der Waals surface area (Å²) in [6.45, 7) is 6.87. The molecule has 0 spiro atoms. The molecular formula is C24H28N4O3. The Morgan fingerprint density at radius 3 is 2.52 bits per heavy atom. The Hall–Kier alpha value is -3.19. The van der Waals surface area contributed by atoms with E-state index in [0.717, 1.165) is 42.9 Å². The van der Waals surface area contributed by atoms with Crippen molar-refractivity contribution in [2.24, 2.45) is 5.92 Å². The van der Waals surface area contributed by atoms with Gasteiger partial charge in [0.2, 0.25) is 17.6 Å². The molecule has 2 heterocycles. The van der Waals surface area contributed by atoms with Gasteiger partial charge in [0.15, 0.2) is 0 Å². The summed E-state index contributed by atoms with van der Waals surface area (Å²) >= 11 is 0. The van der Waals surface area contributed by atoms with Crippen LogP contribution in [0.5, 0.6) is 5.75 Å². The van der Waals surface area contributed by atoms with E-state index >= 15 is 0 Å². The monoisotopic (exact) mass is 420 g/mol. The first-order valence-corrected chi connectivity index (χ1v) is 10.8. The number of carbonyl (C=O) groups excluding carboxylic acids is 1. The Morgan fingerprint density at radius 1 is 1.13 bits per heavy atom. The van der Waals surface area contributed by atoms with E-state index in [2.05, 4.69) is 20.4 Å². The number of carbonyl (C=O) groups is 1. The molecule has 0 unspecified atom stereocenters. The van der Waals surface area contributed by atoms with E-state index in [1.807, 2.05) is 62.4 Å². The lowest BCUT2D eigenvalue weighted by Crippen LogP contribution is -2.37. The number of hydrogen-bond donors (Lipinski definition) is 1. The van der Waals surface area contributed by atoms with E-state index < -0.39 is 0 Å². The lowest BCUT2D eigenvalue weighted by Gasteiger charge is -2.30. The standard InChI is InChI=1S/C24H28N4O3/c1-3-30-21-10-8-20(9-11-21)25-24(29)19-12-14-28(15-13-19)16-22-26-23(27-31-22)18-6-4-17(2)5-7-18/h4-11,19H,3,12-16H2,1-2H3,(H,25,29). The van der Waals surface area contributed by atoms with Crippen molar-refractivity contribution in [1.29, 1.82) is 0 Å². The fourth-order valence-corrected chi connectivity index (χ4v) is 3.73. The first-order valence-electron chi connectivity index (χ1n) is 10.8. The van der Waals surface area contributed by atoms with E-state index in [0.29, 0.717) is 24.9 Å². The molecule has 1 fully saturated rings. The lowest BCUT2D eigenvalue weighted by atomic mass is 9.96. The van der Waals surface area contributed by atoms with Crippen molar-refractivity contribution >= 4 is 11.6 Å². The highest BCUT2D eigenvalue weighted by atomic mass is 16.5. The third-order valence-electron chi connectivity index (χ3n) is 5.53. The van der Waals surface area contributed by atoms with Crippen LogP contribution in [0.2, 0.25) is 0 Å². The molecule has 0 radical (unpaired) electrons. The third-order valence-corrected chi connectivity index (χ3v) is 5.53. The average Bonchev–Trinajstić information content (AvgIpc) is 3.25. The molecule has 162 valence electrons. The number of nitrogens with zero attached hydrogens (tertiary/aromatic N) is 3. The molecule has 1 aliphatic heterocycles. The van der Waals surface area contributed by atoms with Gasteiger partial charge in [-0.05, 0) is 64.0 Å². The second kappa shape index (κ2) is 9.75. The molecule has 0 atom stereocenters. The molecule has 1 amide bonds. The van der Waals surface area contributed by atoms with Crippen molar-refractivity contribution in [3.63, 3.8) is 0 Å². The number of aryl methyl sites for hydroxylation is 1. The number of likely N-dealkylation sites (tertiary alicyclic amines) is 1. The summed E-state index contributed by atoms with van der Waals surface area (Å²) in [5.74, 6) is 2.10. The van der Waals surface area contributed by atoms with Gasteiger partial charge in [0.25, 0.3) is 0 Å². The number of nitrogens with one attached hydrogen (secondary N) is 1. The van der Waals surface area contributed by atoms with Gasteiger partial charge in [-0.15, -0.1) is 0 Å². The first kappa shape index (κ1) is 21.1. The zero-order chi connectivity index (χ0) is 21.6. The number of anilines is 1. The number of rotatable bonds is 7. The molecular weight excluding hydrogens is 392 g/mol. The van der Waals surface area contributed by atoms with Gasteiger partial charge in [0, 0.05) is 17.2 Å². The zero-order valence-electron chi connectivity index (χ0n) is 18.0. The largest absolute Gasteiger partial charge is 0.494 e. The minimum Gasteiger partial charge on any atom is -0.494 e. The van der Waals surface area contributed by atoms with Crippen molar-refractivity contribution in [3.8, 4) is 17.1 Å². The maximum Gasteiger partial charge on any atom is 0.241 e. The third kappa shape index (κ3) is 5.49. The van der Waals surface area contributed by atoms with Crippen LogP contribution < -0.4 is 10.1 Å². The van der Waals surface area contributed by atoms with Crippen molar-refractivity contribution in [3.05, 3.63) is 60.0 Å². The van der Waals surface area contributed by atoms with Crippen LogP contribution in [0, 0.1) is 12.8 Å². The molecule has 0 aliphatic carbocycles. The van der Waals surface area contributed by atoms with E-state index in [-0.39, 0.29) is 11.8 Å². The van der Waals surface area contributed by atoms with Crippen LogP contribution in [0.3, 0.4) is 0 Å². The predicted molar refractivity (Wildman–Crippen MR) is 119 cm³/mol. The van der Waals surface area contributed by atoms with Gasteiger partial charge in [-0.25, -0.2) is 0 Å². The first-order chi connectivity index (χ1) is 15.1. The smallest absolute Gasteiger partial charge is 0.241 e. The highest BCUT2D eigenvalue weighted by Crippen LogP contribution is 2.23. The number of hydrogen-bond acceptors (Lipinski definition) is 6. The number of piperidine rings is 1. The van der Waals surface area contributed by atoms with Gasteiger partial charge in [-0.2, -0.15) is 4.98 Å². The van der Waals surface area contributed by atoms with Gasteiger partial charge in [0.05, 0.1) is 13.2 Å².